The first kappa shape index (κ1) is 29.6. The Kier molecular flexibility index (Phi) is 9.82. The summed E-state index contributed by atoms with van der Waals surface area (Å²) in [4.78, 5) is 43.8. The van der Waals surface area contributed by atoms with Crippen molar-refractivity contribution in [3.8, 4) is 6.07 Å². The Balaban J connectivity index is 1.82. The highest BCUT2D eigenvalue weighted by atomic mass is 32.2. The standard InChI is InChI=1S/C30H34N4O4S2/c1-4-6-15-33-26(32-14-10-13-22(19-32)29(37)38-5-2)23(20(3)24(17-31)27(33)35)16-25-28(36)34(30(39)40-25)18-21-11-8-7-9-12-21/h7-9,11-12,16,22H,4-6,10,13-15,18-19H2,1-3H3. The molecule has 1 atom stereocenters. The zero-order valence-electron chi connectivity index (χ0n) is 23.1. The lowest BCUT2D eigenvalue weighted by atomic mass is 9.96. The summed E-state index contributed by atoms with van der Waals surface area (Å²) in [7, 11) is 0. The number of aromatic nitrogens is 1. The number of rotatable bonds is 9. The number of carbonyl (C=O) groups excluding carboxylic acids is 2. The molecule has 0 aliphatic carbocycles. The molecule has 1 aromatic carbocycles. The third-order valence-electron chi connectivity index (χ3n) is 7.26. The molecule has 210 valence electrons. The zero-order chi connectivity index (χ0) is 28.8. The Bertz CT molecular complexity index is 1430. The van der Waals surface area contributed by atoms with Crippen LogP contribution in [0.1, 0.15) is 61.8 Å². The summed E-state index contributed by atoms with van der Waals surface area (Å²) >= 11 is 6.80. The zero-order valence-corrected chi connectivity index (χ0v) is 24.8. The van der Waals surface area contributed by atoms with Gasteiger partial charge in [-0.2, -0.15) is 5.26 Å². The second kappa shape index (κ2) is 13.3. The van der Waals surface area contributed by atoms with E-state index >= 15 is 0 Å². The fourth-order valence-electron chi connectivity index (χ4n) is 5.16. The van der Waals surface area contributed by atoms with Gasteiger partial charge < -0.3 is 9.64 Å². The smallest absolute Gasteiger partial charge is 0.310 e. The van der Waals surface area contributed by atoms with Gasteiger partial charge in [0.05, 0.1) is 24.0 Å². The fraction of sp³-hybridized carbons (Fsp3) is 0.433. The Hall–Kier alpha value is -3.42. The maximum atomic E-state index is 13.6. The second-order valence-corrected chi connectivity index (χ2v) is 11.6. The van der Waals surface area contributed by atoms with Gasteiger partial charge in [0.2, 0.25) is 0 Å². The van der Waals surface area contributed by atoms with E-state index in [1.807, 2.05) is 42.2 Å². The van der Waals surface area contributed by atoms with Crippen LogP contribution in [0.25, 0.3) is 6.08 Å². The highest BCUT2D eigenvalue weighted by Gasteiger charge is 2.35. The highest BCUT2D eigenvalue weighted by Crippen LogP contribution is 2.37. The second-order valence-electron chi connectivity index (χ2n) is 9.95. The van der Waals surface area contributed by atoms with Crippen molar-refractivity contribution in [2.24, 2.45) is 5.92 Å². The van der Waals surface area contributed by atoms with Crippen LogP contribution in [-0.2, 0) is 27.4 Å². The first-order valence-electron chi connectivity index (χ1n) is 13.7. The summed E-state index contributed by atoms with van der Waals surface area (Å²) in [6.45, 7) is 7.71. The monoisotopic (exact) mass is 578 g/mol. The summed E-state index contributed by atoms with van der Waals surface area (Å²) < 4.78 is 7.42. The molecule has 2 aliphatic heterocycles. The quantitative estimate of drug-likeness (QED) is 0.233. The van der Waals surface area contributed by atoms with E-state index in [4.69, 9.17) is 17.0 Å². The molecule has 2 aliphatic rings. The normalized spacial score (nSPS) is 18.4. The predicted molar refractivity (Wildman–Crippen MR) is 162 cm³/mol. The van der Waals surface area contributed by atoms with Crippen LogP contribution >= 0.6 is 24.0 Å². The number of hydrogen-bond acceptors (Lipinski definition) is 8. The van der Waals surface area contributed by atoms with Crippen LogP contribution in [0.15, 0.2) is 40.0 Å². The van der Waals surface area contributed by atoms with Crippen LogP contribution in [0.3, 0.4) is 0 Å². The van der Waals surface area contributed by atoms with Gasteiger partial charge in [0.15, 0.2) is 0 Å². The number of carbonyl (C=O) groups is 2. The molecule has 10 heteroatoms. The third kappa shape index (κ3) is 6.16. The molecule has 40 heavy (non-hydrogen) atoms. The summed E-state index contributed by atoms with van der Waals surface area (Å²) in [6.07, 6.45) is 4.83. The van der Waals surface area contributed by atoms with Crippen molar-refractivity contribution in [3.05, 3.63) is 67.8 Å². The predicted octanol–water partition coefficient (Wildman–Crippen LogP) is 5.01. The van der Waals surface area contributed by atoms with E-state index in [1.54, 1.807) is 29.4 Å². The van der Waals surface area contributed by atoms with Crippen LogP contribution in [0, 0.1) is 24.2 Å². The molecule has 0 spiro atoms. The van der Waals surface area contributed by atoms with Gasteiger partial charge in [-0.15, -0.1) is 0 Å². The Morgan fingerprint density at radius 2 is 2.00 bits per heavy atom. The van der Waals surface area contributed by atoms with Crippen molar-refractivity contribution in [2.75, 3.05) is 24.6 Å². The minimum Gasteiger partial charge on any atom is -0.466 e. The van der Waals surface area contributed by atoms with Gasteiger partial charge in [0, 0.05) is 25.2 Å². The minimum absolute atomic E-state index is 0.0600. The lowest BCUT2D eigenvalue weighted by molar-refractivity contribution is -0.148. The fourth-order valence-corrected chi connectivity index (χ4v) is 6.40. The Morgan fingerprint density at radius 3 is 2.67 bits per heavy atom. The maximum absolute atomic E-state index is 13.6. The molecule has 2 aromatic rings. The van der Waals surface area contributed by atoms with Crippen molar-refractivity contribution >= 4 is 52.1 Å². The number of esters is 1. The molecule has 3 heterocycles. The van der Waals surface area contributed by atoms with Gasteiger partial charge in [0.1, 0.15) is 21.8 Å². The van der Waals surface area contributed by atoms with E-state index in [0.717, 1.165) is 24.8 Å². The van der Waals surface area contributed by atoms with Crippen molar-refractivity contribution in [3.63, 3.8) is 0 Å². The number of pyridine rings is 1. The number of anilines is 1. The number of ether oxygens (including phenoxy) is 1. The van der Waals surface area contributed by atoms with Gasteiger partial charge in [-0.05, 0) is 50.3 Å². The number of benzene rings is 1. The molecule has 2 fully saturated rings. The van der Waals surface area contributed by atoms with Crippen molar-refractivity contribution in [1.29, 1.82) is 5.26 Å². The van der Waals surface area contributed by atoms with Gasteiger partial charge in [-0.25, -0.2) is 0 Å². The molecule has 0 N–H and O–H groups in total. The van der Waals surface area contributed by atoms with Crippen molar-refractivity contribution < 1.29 is 14.3 Å². The minimum atomic E-state index is -0.351. The third-order valence-corrected chi connectivity index (χ3v) is 8.63. The van der Waals surface area contributed by atoms with Crippen LogP contribution in [-0.4, -0.2) is 45.4 Å². The number of nitrogens with zero attached hydrogens (tertiary/aromatic N) is 4. The number of unbranched alkanes of at least 4 members (excludes halogenated alkanes) is 1. The summed E-state index contributed by atoms with van der Waals surface area (Å²) in [5.41, 5.74) is 1.83. The van der Waals surface area contributed by atoms with E-state index in [0.29, 0.717) is 65.4 Å². The van der Waals surface area contributed by atoms with E-state index in [-0.39, 0.29) is 28.9 Å². The largest absolute Gasteiger partial charge is 0.466 e. The molecule has 1 amide bonds. The van der Waals surface area contributed by atoms with Crippen LogP contribution < -0.4 is 10.5 Å². The van der Waals surface area contributed by atoms with E-state index in [1.165, 1.54) is 11.8 Å². The number of hydrogen-bond donors (Lipinski definition) is 0. The number of thioether (sulfide) groups is 1. The molecule has 8 nitrogen and oxygen atoms in total. The molecule has 4 rings (SSSR count). The molecule has 0 radical (unpaired) electrons. The van der Waals surface area contributed by atoms with Crippen LogP contribution in [0.2, 0.25) is 0 Å². The lowest BCUT2D eigenvalue weighted by Gasteiger charge is -2.36. The van der Waals surface area contributed by atoms with Gasteiger partial charge in [-0.3, -0.25) is 23.9 Å². The van der Waals surface area contributed by atoms with Crippen molar-refractivity contribution in [2.45, 2.75) is 59.5 Å². The van der Waals surface area contributed by atoms with Gasteiger partial charge in [-0.1, -0.05) is 67.7 Å². The van der Waals surface area contributed by atoms with Crippen LogP contribution in [0.4, 0.5) is 5.82 Å². The summed E-state index contributed by atoms with van der Waals surface area (Å²) in [5, 5.41) is 9.95. The van der Waals surface area contributed by atoms with E-state index in [9.17, 15) is 19.6 Å². The SMILES string of the molecule is CCCCn1c(N2CCCC(C(=O)OCC)C2)c(C=C2SC(=S)N(Cc3ccccc3)C2=O)c(C)c(C#N)c1=O. The molecule has 0 bridgehead atoms. The first-order valence-corrected chi connectivity index (χ1v) is 14.9. The summed E-state index contributed by atoms with van der Waals surface area (Å²) in [6, 6.07) is 11.8. The van der Waals surface area contributed by atoms with Crippen molar-refractivity contribution in [1.82, 2.24) is 9.47 Å². The average Bonchev–Trinajstić information content (AvgIpc) is 3.22. The Labute approximate surface area is 244 Å². The number of piperidine rings is 1. The number of thiocarbonyl (C=S) groups is 1. The van der Waals surface area contributed by atoms with Gasteiger partial charge in [0.25, 0.3) is 11.5 Å². The first-order chi connectivity index (χ1) is 19.3. The van der Waals surface area contributed by atoms with Crippen LogP contribution in [0.5, 0.6) is 0 Å². The molecule has 0 saturated carbocycles. The number of amides is 1. The molecule has 1 unspecified atom stereocenters. The molecular formula is C30H34N4O4S2. The number of nitriles is 1. The van der Waals surface area contributed by atoms with Gasteiger partial charge >= 0.3 is 5.97 Å². The molecule has 2 saturated heterocycles. The van der Waals surface area contributed by atoms with E-state index < -0.39 is 0 Å². The highest BCUT2D eigenvalue weighted by molar-refractivity contribution is 8.26. The molecule has 1 aromatic heterocycles. The maximum Gasteiger partial charge on any atom is 0.310 e. The lowest BCUT2D eigenvalue weighted by Crippen LogP contribution is -2.43. The van der Waals surface area contributed by atoms with E-state index in [2.05, 4.69) is 6.07 Å². The Morgan fingerprint density at radius 1 is 1.25 bits per heavy atom. The topological polar surface area (TPSA) is 95.6 Å². The molecular weight excluding hydrogens is 544 g/mol. The summed E-state index contributed by atoms with van der Waals surface area (Å²) in [5.74, 6) is -0.144. The average molecular weight is 579 g/mol.